The molecular weight excluding hydrogens is 276 g/mol. The Morgan fingerprint density at radius 1 is 1.05 bits per heavy atom. The number of pyridine rings is 1. The zero-order valence-electron chi connectivity index (χ0n) is 11.8. The fraction of sp³-hybridized carbons (Fsp3) is 0. The summed E-state index contributed by atoms with van der Waals surface area (Å²) in [5, 5.41) is 3.99. The molecule has 3 aromatic rings. The number of aromatic nitrogens is 2. The van der Waals surface area contributed by atoms with Gasteiger partial charge in [-0.2, -0.15) is 5.10 Å². The van der Waals surface area contributed by atoms with Crippen molar-refractivity contribution in [2.45, 2.75) is 0 Å². The quantitative estimate of drug-likeness (QED) is 0.593. The van der Waals surface area contributed by atoms with Gasteiger partial charge in [0.25, 0.3) is 5.91 Å². The van der Waals surface area contributed by atoms with E-state index in [2.05, 4.69) is 15.5 Å². The van der Waals surface area contributed by atoms with Gasteiger partial charge < -0.3 is 4.57 Å². The maximum atomic E-state index is 11.8. The third-order valence-electron chi connectivity index (χ3n) is 3.08. The number of carbonyl (C=O) groups excluding carboxylic acids is 1. The van der Waals surface area contributed by atoms with E-state index >= 15 is 0 Å². The van der Waals surface area contributed by atoms with Crippen LogP contribution in [0.15, 0.2) is 78.2 Å². The van der Waals surface area contributed by atoms with Crippen molar-refractivity contribution in [3.05, 3.63) is 84.4 Å². The third kappa shape index (κ3) is 3.09. The number of hydrazone groups is 1. The molecule has 2 heterocycles. The summed E-state index contributed by atoms with van der Waals surface area (Å²) in [7, 11) is 0. The summed E-state index contributed by atoms with van der Waals surface area (Å²) in [6, 6.07) is 18.9. The van der Waals surface area contributed by atoms with Crippen LogP contribution in [0.4, 0.5) is 0 Å². The van der Waals surface area contributed by atoms with Gasteiger partial charge in [0.2, 0.25) is 0 Å². The fourth-order valence-corrected chi connectivity index (χ4v) is 2.03. The molecule has 22 heavy (non-hydrogen) atoms. The summed E-state index contributed by atoms with van der Waals surface area (Å²) < 4.78 is 1.98. The molecule has 0 spiro atoms. The van der Waals surface area contributed by atoms with Gasteiger partial charge in [-0.15, -0.1) is 0 Å². The van der Waals surface area contributed by atoms with Crippen LogP contribution < -0.4 is 5.43 Å². The molecule has 1 aromatic carbocycles. The maximum Gasteiger partial charge on any atom is 0.289 e. The van der Waals surface area contributed by atoms with E-state index in [0.717, 1.165) is 11.4 Å². The van der Waals surface area contributed by atoms with E-state index in [9.17, 15) is 4.79 Å². The highest BCUT2D eigenvalue weighted by Crippen LogP contribution is 2.10. The number of para-hydroxylation sites is 1. The average molecular weight is 290 g/mol. The summed E-state index contributed by atoms with van der Waals surface area (Å²) in [5.41, 5.74) is 4.70. The van der Waals surface area contributed by atoms with Gasteiger partial charge in [-0.25, -0.2) is 5.43 Å². The minimum absolute atomic E-state index is 0.332. The Morgan fingerprint density at radius 2 is 1.86 bits per heavy atom. The molecule has 0 aliphatic rings. The first-order valence-corrected chi connectivity index (χ1v) is 6.82. The molecule has 5 nitrogen and oxygen atoms in total. The van der Waals surface area contributed by atoms with Crippen LogP contribution in [0.3, 0.4) is 0 Å². The molecule has 0 fully saturated rings. The third-order valence-corrected chi connectivity index (χ3v) is 3.08. The number of benzene rings is 1. The molecule has 5 heteroatoms. The van der Waals surface area contributed by atoms with Gasteiger partial charge in [-0.05, 0) is 36.4 Å². The lowest BCUT2D eigenvalue weighted by Crippen LogP contribution is -2.18. The first-order chi connectivity index (χ1) is 10.8. The number of nitrogens with one attached hydrogen (secondary N) is 1. The minimum Gasteiger partial charge on any atom is -0.316 e. The molecule has 1 N–H and O–H groups in total. The van der Waals surface area contributed by atoms with Crippen molar-refractivity contribution < 1.29 is 4.79 Å². The second-order valence-corrected chi connectivity index (χ2v) is 4.55. The van der Waals surface area contributed by atoms with Crippen molar-refractivity contribution >= 4 is 12.1 Å². The second kappa shape index (κ2) is 6.49. The molecule has 0 bridgehead atoms. The molecule has 1 amide bonds. The van der Waals surface area contributed by atoms with Gasteiger partial charge in [0.05, 0.1) is 11.9 Å². The van der Waals surface area contributed by atoms with E-state index in [1.807, 2.05) is 53.2 Å². The average Bonchev–Trinajstić information content (AvgIpc) is 3.05. The monoisotopic (exact) mass is 290 g/mol. The highest BCUT2D eigenvalue weighted by molar-refractivity contribution is 5.92. The predicted molar refractivity (Wildman–Crippen MR) is 85.1 cm³/mol. The molecule has 108 valence electrons. The van der Waals surface area contributed by atoms with Gasteiger partial charge in [0, 0.05) is 18.1 Å². The Labute approximate surface area is 127 Å². The molecule has 0 saturated carbocycles. The molecule has 0 saturated heterocycles. The molecule has 0 unspecified atom stereocenters. The van der Waals surface area contributed by atoms with Crippen molar-refractivity contribution in [3.8, 4) is 5.69 Å². The number of hydrogen-bond acceptors (Lipinski definition) is 3. The number of nitrogens with zero attached hydrogens (tertiary/aromatic N) is 3. The van der Waals surface area contributed by atoms with Crippen LogP contribution in [-0.2, 0) is 0 Å². The van der Waals surface area contributed by atoms with Crippen LogP contribution in [0.1, 0.15) is 16.2 Å². The van der Waals surface area contributed by atoms with Crippen molar-refractivity contribution in [1.29, 1.82) is 0 Å². The van der Waals surface area contributed by atoms with Gasteiger partial charge in [0.1, 0.15) is 5.69 Å². The Hall–Kier alpha value is -3.21. The molecule has 3 rings (SSSR count). The Morgan fingerprint density at radius 3 is 2.64 bits per heavy atom. The second-order valence-electron chi connectivity index (χ2n) is 4.55. The SMILES string of the molecule is O=C(N/N=C\c1cccn1-c1ccccc1)c1ccccn1. The van der Waals surface area contributed by atoms with Crippen LogP contribution in [0, 0.1) is 0 Å². The molecule has 2 aromatic heterocycles. The van der Waals surface area contributed by atoms with Gasteiger partial charge >= 0.3 is 0 Å². The zero-order valence-corrected chi connectivity index (χ0v) is 11.8. The van der Waals surface area contributed by atoms with Gasteiger partial charge in [-0.3, -0.25) is 9.78 Å². The highest BCUT2D eigenvalue weighted by atomic mass is 16.2. The first kappa shape index (κ1) is 13.8. The normalized spacial score (nSPS) is 10.7. The minimum atomic E-state index is -0.338. The van der Waals surface area contributed by atoms with Crippen LogP contribution in [0.25, 0.3) is 5.69 Å². The topological polar surface area (TPSA) is 59.3 Å². The molecule has 0 atom stereocenters. The van der Waals surface area contributed by atoms with E-state index < -0.39 is 0 Å². The summed E-state index contributed by atoms with van der Waals surface area (Å²) in [6.45, 7) is 0. The standard InChI is InChI=1S/C17H14N4O/c22-17(16-10-4-5-11-18-16)20-19-13-15-9-6-12-21(15)14-7-2-1-3-8-14/h1-13H,(H,20,22)/b19-13-. The van der Waals surface area contributed by atoms with E-state index in [1.54, 1.807) is 30.6 Å². The van der Waals surface area contributed by atoms with Crippen LogP contribution in [0.5, 0.6) is 0 Å². The van der Waals surface area contributed by atoms with Crippen LogP contribution >= 0.6 is 0 Å². The Bertz CT molecular complexity index is 779. The van der Waals surface area contributed by atoms with Crippen molar-refractivity contribution in [1.82, 2.24) is 15.0 Å². The predicted octanol–water partition coefficient (Wildman–Crippen LogP) is 2.64. The van der Waals surface area contributed by atoms with E-state index in [0.29, 0.717) is 5.69 Å². The lowest BCUT2D eigenvalue weighted by Gasteiger charge is -2.05. The molecular formula is C17H14N4O. The van der Waals surface area contributed by atoms with Gasteiger partial charge in [0.15, 0.2) is 0 Å². The van der Waals surface area contributed by atoms with E-state index in [4.69, 9.17) is 0 Å². The van der Waals surface area contributed by atoms with E-state index in [1.165, 1.54) is 0 Å². The first-order valence-electron chi connectivity index (χ1n) is 6.82. The van der Waals surface area contributed by atoms with Crippen molar-refractivity contribution in [2.75, 3.05) is 0 Å². The summed E-state index contributed by atoms with van der Waals surface area (Å²) in [4.78, 5) is 15.8. The number of hydrogen-bond donors (Lipinski definition) is 1. The molecule has 0 aliphatic carbocycles. The largest absolute Gasteiger partial charge is 0.316 e. The molecule has 0 radical (unpaired) electrons. The Kier molecular flexibility index (Phi) is 4.06. The summed E-state index contributed by atoms with van der Waals surface area (Å²) >= 11 is 0. The van der Waals surface area contributed by atoms with Gasteiger partial charge in [-0.1, -0.05) is 24.3 Å². The number of amides is 1. The van der Waals surface area contributed by atoms with Crippen LogP contribution in [-0.4, -0.2) is 21.7 Å². The van der Waals surface area contributed by atoms with Crippen molar-refractivity contribution in [2.24, 2.45) is 5.10 Å². The fourth-order valence-electron chi connectivity index (χ4n) is 2.03. The lowest BCUT2D eigenvalue weighted by molar-refractivity contribution is 0.0950. The van der Waals surface area contributed by atoms with E-state index in [-0.39, 0.29) is 5.91 Å². The highest BCUT2D eigenvalue weighted by Gasteiger charge is 2.04. The zero-order chi connectivity index (χ0) is 15.2. The van der Waals surface area contributed by atoms with Crippen molar-refractivity contribution in [3.63, 3.8) is 0 Å². The summed E-state index contributed by atoms with van der Waals surface area (Å²) in [6.07, 6.45) is 5.12. The number of carbonyl (C=O) groups is 1. The number of rotatable bonds is 4. The lowest BCUT2D eigenvalue weighted by atomic mass is 10.3. The maximum absolute atomic E-state index is 11.8. The molecule has 0 aliphatic heterocycles. The Balaban J connectivity index is 1.72. The van der Waals surface area contributed by atoms with Crippen LogP contribution in [0.2, 0.25) is 0 Å². The smallest absolute Gasteiger partial charge is 0.289 e. The summed E-state index contributed by atoms with van der Waals surface area (Å²) in [5.74, 6) is -0.338.